The number of hydrogen-bond acceptors (Lipinski definition) is 5. The Morgan fingerprint density at radius 2 is 1.45 bits per heavy atom. The van der Waals surface area contributed by atoms with Gasteiger partial charge in [-0.1, -0.05) is 24.3 Å². The summed E-state index contributed by atoms with van der Waals surface area (Å²) in [6, 6.07) is 16.3. The maximum absolute atomic E-state index is 12.6. The number of amides is 1. The number of nitrogens with one attached hydrogen (secondary N) is 1. The van der Waals surface area contributed by atoms with Gasteiger partial charge in [-0.3, -0.25) is 9.59 Å². The number of ether oxygens (including phenoxy) is 1. The fourth-order valence-corrected chi connectivity index (χ4v) is 2.81. The van der Waals surface area contributed by atoms with Crippen LogP contribution in [0.2, 0.25) is 0 Å². The summed E-state index contributed by atoms with van der Waals surface area (Å²) in [5.74, 6) is -3.11. The molecule has 0 spiro atoms. The van der Waals surface area contributed by atoms with Crippen LogP contribution in [-0.4, -0.2) is 33.8 Å². The number of carbonyl (C=O) groups is 4. The average Bonchev–Trinajstić information content (AvgIpc) is 2.74. The number of benzene rings is 3. The minimum absolute atomic E-state index is 0.0858. The molecule has 156 valence electrons. The Morgan fingerprint density at radius 1 is 0.774 bits per heavy atom. The Morgan fingerprint density at radius 3 is 2.13 bits per heavy atom. The molecular weight excluding hydrogens is 402 g/mol. The molecule has 3 aromatic rings. The Kier molecular flexibility index (Phi) is 6.11. The van der Waals surface area contributed by atoms with Crippen LogP contribution < -0.4 is 10.1 Å². The Balaban J connectivity index is 1.88. The molecule has 1 amide bonds. The monoisotopic (exact) mass is 419 g/mol. The first-order valence-corrected chi connectivity index (χ1v) is 9.06. The Labute approximate surface area is 176 Å². The van der Waals surface area contributed by atoms with Crippen LogP contribution in [0.15, 0.2) is 66.7 Å². The van der Waals surface area contributed by atoms with Crippen LogP contribution >= 0.6 is 0 Å². The molecular formula is C23H17NO7. The maximum atomic E-state index is 12.6. The van der Waals surface area contributed by atoms with Crippen LogP contribution in [0.25, 0.3) is 0 Å². The summed E-state index contributed by atoms with van der Waals surface area (Å²) < 4.78 is 5.71. The third-order valence-electron chi connectivity index (χ3n) is 4.35. The molecule has 0 aliphatic heterocycles. The van der Waals surface area contributed by atoms with Crippen molar-refractivity contribution >= 4 is 29.3 Å². The summed E-state index contributed by atoms with van der Waals surface area (Å²) in [6.45, 7) is 1.40. The van der Waals surface area contributed by atoms with Gasteiger partial charge in [-0.25, -0.2) is 9.59 Å². The minimum atomic E-state index is -1.41. The topological polar surface area (TPSA) is 130 Å². The summed E-state index contributed by atoms with van der Waals surface area (Å²) in [5, 5.41) is 21.1. The zero-order valence-electron chi connectivity index (χ0n) is 16.3. The molecule has 0 radical (unpaired) electrons. The normalized spacial score (nSPS) is 10.2. The van der Waals surface area contributed by atoms with Crippen molar-refractivity contribution in [1.29, 1.82) is 0 Å². The van der Waals surface area contributed by atoms with Crippen LogP contribution in [0.5, 0.6) is 11.5 Å². The largest absolute Gasteiger partial charge is 0.478 e. The lowest BCUT2D eigenvalue weighted by Gasteiger charge is -2.13. The van der Waals surface area contributed by atoms with E-state index < -0.39 is 23.4 Å². The number of hydrogen-bond donors (Lipinski definition) is 3. The third kappa shape index (κ3) is 4.94. The second-order valence-electron chi connectivity index (χ2n) is 6.51. The van der Waals surface area contributed by atoms with Gasteiger partial charge in [-0.15, -0.1) is 0 Å². The highest BCUT2D eigenvalue weighted by Crippen LogP contribution is 2.31. The van der Waals surface area contributed by atoms with Gasteiger partial charge in [0, 0.05) is 11.1 Å². The summed E-state index contributed by atoms with van der Waals surface area (Å²) in [7, 11) is 0. The van der Waals surface area contributed by atoms with E-state index in [4.69, 9.17) is 9.84 Å². The average molecular weight is 419 g/mol. The van der Waals surface area contributed by atoms with E-state index in [9.17, 15) is 24.3 Å². The van der Waals surface area contributed by atoms with E-state index >= 15 is 0 Å². The summed E-state index contributed by atoms with van der Waals surface area (Å²) in [4.78, 5) is 46.8. The minimum Gasteiger partial charge on any atom is -0.478 e. The molecule has 3 rings (SSSR count). The first-order chi connectivity index (χ1) is 14.8. The van der Waals surface area contributed by atoms with Gasteiger partial charge in [0.1, 0.15) is 5.75 Å². The molecule has 8 heteroatoms. The number of para-hydroxylation sites is 2. The van der Waals surface area contributed by atoms with Gasteiger partial charge in [0.05, 0.1) is 16.8 Å². The molecule has 0 aliphatic rings. The molecule has 3 aromatic carbocycles. The van der Waals surface area contributed by atoms with Crippen molar-refractivity contribution in [3.8, 4) is 11.5 Å². The van der Waals surface area contributed by atoms with Crippen molar-refractivity contribution in [1.82, 2.24) is 0 Å². The zero-order chi connectivity index (χ0) is 22.5. The lowest BCUT2D eigenvalue weighted by atomic mass is 10.1. The zero-order valence-corrected chi connectivity index (χ0v) is 16.3. The molecule has 0 saturated heterocycles. The van der Waals surface area contributed by atoms with E-state index in [0.29, 0.717) is 11.3 Å². The smallest absolute Gasteiger partial charge is 0.336 e. The summed E-state index contributed by atoms with van der Waals surface area (Å²) >= 11 is 0. The number of carboxylic acids is 2. The molecule has 31 heavy (non-hydrogen) atoms. The van der Waals surface area contributed by atoms with E-state index in [-0.39, 0.29) is 28.4 Å². The van der Waals surface area contributed by atoms with Gasteiger partial charge in [0.2, 0.25) is 0 Å². The number of aromatic carboxylic acids is 2. The highest BCUT2D eigenvalue weighted by molar-refractivity contribution is 6.07. The number of Topliss-reactive ketones (excluding diaryl/α,β-unsaturated/α-hetero) is 1. The van der Waals surface area contributed by atoms with Gasteiger partial charge < -0.3 is 20.3 Å². The lowest BCUT2D eigenvalue weighted by Crippen LogP contribution is -2.13. The summed E-state index contributed by atoms with van der Waals surface area (Å²) in [5.41, 5.74) is 0.192. The van der Waals surface area contributed by atoms with Crippen molar-refractivity contribution in [2.45, 2.75) is 6.92 Å². The van der Waals surface area contributed by atoms with E-state index in [0.717, 1.165) is 12.1 Å². The standard InChI is InChI=1S/C23H17NO7/c1-13(25)14-5-4-6-15(11-14)21(26)24-19-7-2-3-8-20(19)31-16-9-10-17(22(27)28)18(12-16)23(29)30/h2-12H,1H3,(H,24,26)(H,27,28)(H,29,30). The van der Waals surface area contributed by atoms with Crippen molar-refractivity contribution in [2.24, 2.45) is 0 Å². The molecule has 0 aromatic heterocycles. The van der Waals surface area contributed by atoms with Crippen molar-refractivity contribution in [3.05, 3.63) is 89.0 Å². The van der Waals surface area contributed by atoms with Crippen LogP contribution in [0.4, 0.5) is 5.69 Å². The van der Waals surface area contributed by atoms with Gasteiger partial charge in [-0.2, -0.15) is 0 Å². The van der Waals surface area contributed by atoms with Crippen LogP contribution in [0.3, 0.4) is 0 Å². The second-order valence-corrected chi connectivity index (χ2v) is 6.51. The molecule has 0 bridgehead atoms. The molecule has 8 nitrogen and oxygen atoms in total. The summed E-state index contributed by atoms with van der Waals surface area (Å²) in [6.07, 6.45) is 0. The van der Waals surface area contributed by atoms with Crippen LogP contribution in [0, 0.1) is 0 Å². The van der Waals surface area contributed by atoms with Crippen LogP contribution in [0.1, 0.15) is 48.4 Å². The number of carboxylic acid groups (broad SMARTS) is 2. The van der Waals surface area contributed by atoms with E-state index in [1.54, 1.807) is 42.5 Å². The van der Waals surface area contributed by atoms with Crippen molar-refractivity contribution < 1.29 is 34.1 Å². The van der Waals surface area contributed by atoms with Gasteiger partial charge in [0.25, 0.3) is 5.91 Å². The third-order valence-corrected chi connectivity index (χ3v) is 4.35. The molecule has 0 unspecified atom stereocenters. The molecule has 0 fully saturated rings. The van der Waals surface area contributed by atoms with E-state index in [1.807, 2.05) is 0 Å². The fraction of sp³-hybridized carbons (Fsp3) is 0.0435. The molecule has 3 N–H and O–H groups in total. The predicted molar refractivity (Wildman–Crippen MR) is 111 cm³/mol. The van der Waals surface area contributed by atoms with Gasteiger partial charge >= 0.3 is 11.9 Å². The highest BCUT2D eigenvalue weighted by Gasteiger charge is 2.18. The number of rotatable bonds is 7. The fourth-order valence-electron chi connectivity index (χ4n) is 2.81. The highest BCUT2D eigenvalue weighted by atomic mass is 16.5. The predicted octanol–water partition coefficient (Wildman–Crippen LogP) is 4.33. The SMILES string of the molecule is CC(=O)c1cccc(C(=O)Nc2ccccc2Oc2ccc(C(=O)O)c(C(=O)O)c2)c1. The van der Waals surface area contributed by atoms with Crippen LogP contribution in [-0.2, 0) is 0 Å². The first-order valence-electron chi connectivity index (χ1n) is 9.06. The maximum Gasteiger partial charge on any atom is 0.336 e. The number of ketones is 1. The number of carbonyl (C=O) groups excluding carboxylic acids is 2. The lowest BCUT2D eigenvalue weighted by molar-refractivity contribution is 0.0651. The Hall–Kier alpha value is -4.46. The molecule has 0 aliphatic carbocycles. The van der Waals surface area contributed by atoms with Gasteiger partial charge in [0.15, 0.2) is 11.5 Å². The second kappa shape index (κ2) is 8.91. The molecule has 0 heterocycles. The Bertz CT molecular complexity index is 1200. The van der Waals surface area contributed by atoms with Crippen molar-refractivity contribution in [3.63, 3.8) is 0 Å². The number of anilines is 1. The van der Waals surface area contributed by atoms with E-state index in [2.05, 4.69) is 5.32 Å². The quantitative estimate of drug-likeness (QED) is 0.486. The molecule has 0 atom stereocenters. The molecule has 0 saturated carbocycles. The van der Waals surface area contributed by atoms with Crippen molar-refractivity contribution in [2.75, 3.05) is 5.32 Å². The first kappa shape index (κ1) is 21.3. The van der Waals surface area contributed by atoms with E-state index in [1.165, 1.54) is 19.1 Å². The van der Waals surface area contributed by atoms with Gasteiger partial charge in [-0.05, 0) is 49.4 Å².